The topological polar surface area (TPSA) is 99.6 Å². The highest BCUT2D eigenvalue weighted by Gasteiger charge is 2.78. The van der Waals surface area contributed by atoms with Crippen LogP contribution < -0.4 is 9.64 Å². The molecule has 4 rings (SSSR count). The number of unbranched alkanes of at least 4 members (excludes halogenated alkanes) is 3. The molecule has 3 amide bonds. The number of aliphatic hydroxyl groups is 1. The van der Waals surface area contributed by atoms with E-state index >= 15 is 0 Å². The van der Waals surface area contributed by atoms with Gasteiger partial charge in [0.05, 0.1) is 24.0 Å². The van der Waals surface area contributed by atoms with Crippen LogP contribution in [-0.4, -0.2) is 89.3 Å². The zero-order valence-corrected chi connectivity index (χ0v) is 26.1. The average molecular weight is 596 g/mol. The largest absolute Gasteiger partial charge is 0.494 e. The lowest BCUT2D eigenvalue weighted by molar-refractivity contribution is -0.151. The van der Waals surface area contributed by atoms with Crippen molar-refractivity contribution in [1.82, 2.24) is 9.80 Å². The highest BCUT2D eigenvalue weighted by atomic mass is 16.5. The summed E-state index contributed by atoms with van der Waals surface area (Å²) in [5.74, 6) is -1.40. The molecule has 1 N–H and O–H groups in total. The lowest BCUT2D eigenvalue weighted by Crippen LogP contribution is -2.56. The van der Waals surface area contributed by atoms with Crippen molar-refractivity contribution in [3.05, 3.63) is 49.6 Å². The number of nitrogens with zero attached hydrogens (tertiary/aromatic N) is 3. The van der Waals surface area contributed by atoms with Gasteiger partial charge in [0.1, 0.15) is 17.4 Å². The van der Waals surface area contributed by atoms with Crippen LogP contribution in [0.2, 0.25) is 0 Å². The third kappa shape index (κ3) is 6.11. The second kappa shape index (κ2) is 14.1. The number of benzene rings is 1. The van der Waals surface area contributed by atoms with Gasteiger partial charge in [-0.3, -0.25) is 14.4 Å². The van der Waals surface area contributed by atoms with E-state index in [0.29, 0.717) is 63.4 Å². The number of ether oxygens (including phenoxy) is 2. The van der Waals surface area contributed by atoms with E-state index in [1.54, 1.807) is 26.9 Å². The van der Waals surface area contributed by atoms with Crippen molar-refractivity contribution >= 4 is 23.4 Å². The van der Waals surface area contributed by atoms with Gasteiger partial charge >= 0.3 is 0 Å². The third-order valence-electron chi connectivity index (χ3n) is 9.31. The minimum atomic E-state index is -1.09. The Bertz CT molecular complexity index is 1170. The molecule has 3 aliphatic heterocycles. The van der Waals surface area contributed by atoms with Crippen molar-refractivity contribution in [2.24, 2.45) is 11.8 Å². The van der Waals surface area contributed by atoms with E-state index in [9.17, 15) is 19.5 Å². The number of fused-ring (bicyclic) bond motifs is 1. The van der Waals surface area contributed by atoms with Gasteiger partial charge in [0.15, 0.2) is 0 Å². The summed E-state index contributed by atoms with van der Waals surface area (Å²) >= 11 is 0. The molecule has 43 heavy (non-hydrogen) atoms. The molecule has 3 fully saturated rings. The van der Waals surface area contributed by atoms with Crippen molar-refractivity contribution < 1.29 is 29.0 Å². The zero-order valence-electron chi connectivity index (χ0n) is 26.1. The number of anilines is 1. The Kier molecular flexibility index (Phi) is 10.7. The fraction of sp³-hybridized carbons (Fsp3) is 0.618. The summed E-state index contributed by atoms with van der Waals surface area (Å²) < 4.78 is 12.4. The van der Waals surface area contributed by atoms with Gasteiger partial charge in [-0.05, 0) is 70.2 Å². The van der Waals surface area contributed by atoms with Gasteiger partial charge in [-0.2, -0.15) is 0 Å². The Morgan fingerprint density at radius 2 is 1.79 bits per heavy atom. The second-order valence-corrected chi connectivity index (χ2v) is 12.1. The highest BCUT2D eigenvalue weighted by Crippen LogP contribution is 2.63. The Labute approximate surface area is 256 Å². The summed E-state index contributed by atoms with van der Waals surface area (Å²) in [7, 11) is 0. The molecule has 5 atom stereocenters. The number of amides is 3. The van der Waals surface area contributed by atoms with Gasteiger partial charge < -0.3 is 29.3 Å². The summed E-state index contributed by atoms with van der Waals surface area (Å²) in [4.78, 5) is 48.4. The van der Waals surface area contributed by atoms with Crippen molar-refractivity contribution in [2.45, 2.75) is 83.0 Å². The normalized spacial score (nSPS) is 27.2. The van der Waals surface area contributed by atoms with Gasteiger partial charge in [0.25, 0.3) is 0 Å². The fourth-order valence-corrected chi connectivity index (χ4v) is 7.40. The summed E-state index contributed by atoms with van der Waals surface area (Å²) in [6, 6.07) is 6.50. The summed E-state index contributed by atoms with van der Waals surface area (Å²) in [6.07, 6.45) is 8.44. The van der Waals surface area contributed by atoms with Crippen LogP contribution in [0.1, 0.15) is 65.7 Å². The first kappa shape index (κ1) is 32.7. The molecular formula is C34H49N3O6. The SMILES string of the molecule is C=CCN(CCCCC)C(=O)C1N(CCCCO)C(=O)[C@@H]2[C@H](C(=O)N(CC=C)c3ccc(OCC)cc3)[C@]3(C)CCC12O3. The minimum Gasteiger partial charge on any atom is -0.494 e. The van der Waals surface area contributed by atoms with Crippen molar-refractivity contribution in [1.29, 1.82) is 0 Å². The van der Waals surface area contributed by atoms with Crippen molar-refractivity contribution in [3.8, 4) is 5.75 Å². The molecule has 3 heterocycles. The first-order chi connectivity index (χ1) is 20.7. The van der Waals surface area contributed by atoms with Gasteiger partial charge in [-0.15, -0.1) is 13.2 Å². The van der Waals surface area contributed by atoms with E-state index in [2.05, 4.69) is 20.1 Å². The number of likely N-dealkylation sites (tertiary alicyclic amines) is 1. The predicted octanol–water partition coefficient (Wildman–Crippen LogP) is 4.35. The van der Waals surface area contributed by atoms with Crippen LogP contribution >= 0.6 is 0 Å². The number of carbonyl (C=O) groups excluding carboxylic acids is 3. The highest BCUT2D eigenvalue weighted by molar-refractivity contribution is 6.03. The zero-order chi connectivity index (χ0) is 31.2. The van der Waals surface area contributed by atoms with E-state index in [1.807, 2.05) is 38.1 Å². The molecule has 0 radical (unpaired) electrons. The molecule has 2 unspecified atom stereocenters. The van der Waals surface area contributed by atoms with Gasteiger partial charge in [0, 0.05) is 38.5 Å². The Morgan fingerprint density at radius 3 is 2.42 bits per heavy atom. The molecule has 0 saturated carbocycles. The van der Waals surface area contributed by atoms with Crippen LogP contribution in [0.15, 0.2) is 49.6 Å². The molecule has 1 spiro atoms. The van der Waals surface area contributed by atoms with Crippen LogP contribution in [-0.2, 0) is 19.1 Å². The predicted molar refractivity (Wildman–Crippen MR) is 167 cm³/mol. The number of hydrogen-bond donors (Lipinski definition) is 1. The van der Waals surface area contributed by atoms with Crippen LogP contribution in [0, 0.1) is 11.8 Å². The Morgan fingerprint density at radius 1 is 1.07 bits per heavy atom. The maximum absolute atomic E-state index is 14.5. The third-order valence-corrected chi connectivity index (χ3v) is 9.31. The number of aliphatic hydroxyl groups excluding tert-OH is 1. The van der Waals surface area contributed by atoms with E-state index < -0.39 is 29.1 Å². The molecule has 0 aliphatic carbocycles. The first-order valence-electron chi connectivity index (χ1n) is 15.9. The molecule has 9 heteroatoms. The first-order valence-corrected chi connectivity index (χ1v) is 15.9. The van der Waals surface area contributed by atoms with Crippen LogP contribution in [0.4, 0.5) is 5.69 Å². The molecule has 1 aromatic rings. The molecule has 3 saturated heterocycles. The number of hydrogen-bond acceptors (Lipinski definition) is 6. The van der Waals surface area contributed by atoms with E-state index in [0.717, 1.165) is 19.3 Å². The van der Waals surface area contributed by atoms with Crippen molar-refractivity contribution in [2.75, 3.05) is 44.3 Å². The number of carbonyl (C=O) groups is 3. The smallest absolute Gasteiger partial charge is 0.248 e. The van der Waals surface area contributed by atoms with Gasteiger partial charge in [-0.1, -0.05) is 31.9 Å². The molecule has 0 aromatic heterocycles. The summed E-state index contributed by atoms with van der Waals surface area (Å²) in [6.45, 7) is 15.8. The maximum Gasteiger partial charge on any atom is 0.248 e. The lowest BCUT2D eigenvalue weighted by Gasteiger charge is -2.37. The van der Waals surface area contributed by atoms with Gasteiger partial charge in [-0.25, -0.2) is 0 Å². The minimum absolute atomic E-state index is 0.00308. The van der Waals surface area contributed by atoms with Crippen LogP contribution in [0.3, 0.4) is 0 Å². The Hall–Kier alpha value is -3.17. The summed E-state index contributed by atoms with van der Waals surface area (Å²) in [5, 5.41) is 9.46. The quantitative estimate of drug-likeness (QED) is 0.212. The number of rotatable bonds is 17. The van der Waals surface area contributed by atoms with Gasteiger partial charge in [0.2, 0.25) is 17.7 Å². The average Bonchev–Trinajstić information content (AvgIpc) is 3.56. The van der Waals surface area contributed by atoms with E-state index in [1.165, 1.54) is 0 Å². The molecule has 2 bridgehead atoms. The van der Waals surface area contributed by atoms with Crippen LogP contribution in [0.5, 0.6) is 5.75 Å². The maximum atomic E-state index is 14.5. The molecule has 236 valence electrons. The Balaban J connectivity index is 1.72. The monoisotopic (exact) mass is 595 g/mol. The lowest BCUT2D eigenvalue weighted by atomic mass is 9.66. The second-order valence-electron chi connectivity index (χ2n) is 12.1. The molecule has 3 aliphatic rings. The molecule has 9 nitrogen and oxygen atoms in total. The van der Waals surface area contributed by atoms with E-state index in [4.69, 9.17) is 9.47 Å². The summed E-state index contributed by atoms with van der Waals surface area (Å²) in [5.41, 5.74) is -1.30. The molecule has 1 aromatic carbocycles. The van der Waals surface area contributed by atoms with Crippen molar-refractivity contribution in [3.63, 3.8) is 0 Å². The fourth-order valence-electron chi connectivity index (χ4n) is 7.40. The standard InChI is InChI=1S/C34H49N3O6/c1-6-10-11-22-35(20-7-2)32(41)29-34-19-18-33(5,43-34)27(28(34)31(40)37(29)23-12-13-24-38)30(39)36(21-8-3)25-14-16-26(17-15-25)42-9-4/h7-8,14-17,27-29,38H,2-3,6,9-13,18-24H2,1,4-5H3/t27-,28+,29?,33+,34?/m1/s1. The van der Waals surface area contributed by atoms with E-state index in [-0.39, 0.29) is 30.9 Å². The van der Waals surface area contributed by atoms with Crippen LogP contribution in [0.25, 0.3) is 0 Å². The molecular weight excluding hydrogens is 546 g/mol.